The normalized spacial score (nSPS) is 20.0. The smallest absolute Gasteiger partial charge is 0.282 e. The van der Waals surface area contributed by atoms with E-state index in [1.165, 1.54) is 4.90 Å². The van der Waals surface area contributed by atoms with Crippen molar-refractivity contribution in [3.05, 3.63) is 71.4 Å². The molecule has 0 spiro atoms. The van der Waals surface area contributed by atoms with Crippen molar-refractivity contribution in [2.45, 2.75) is 26.2 Å². The number of piperidine rings is 1. The zero-order chi connectivity index (χ0) is 20.4. The molecule has 1 atom stereocenters. The topological polar surface area (TPSA) is 60.9 Å². The molecule has 0 aromatic heterocycles. The van der Waals surface area contributed by atoms with Crippen molar-refractivity contribution in [1.29, 1.82) is 0 Å². The van der Waals surface area contributed by atoms with E-state index >= 15 is 0 Å². The lowest BCUT2D eigenvalue weighted by Crippen LogP contribution is -2.40. The molecule has 0 bridgehead atoms. The Bertz CT molecular complexity index is 934. The fourth-order valence-electron chi connectivity index (χ4n) is 4.21. The first-order chi connectivity index (χ1) is 14.1. The maximum absolute atomic E-state index is 13.5. The van der Waals surface area contributed by atoms with E-state index in [0.717, 1.165) is 30.4 Å². The minimum atomic E-state index is -0.286. The molecule has 5 heteroatoms. The Morgan fingerprint density at radius 1 is 1.00 bits per heavy atom. The number of aliphatic hydroxyl groups is 1. The Kier molecular flexibility index (Phi) is 5.49. The molecule has 2 amide bonds. The van der Waals surface area contributed by atoms with Gasteiger partial charge in [-0.05, 0) is 48.4 Å². The highest BCUT2D eigenvalue weighted by Crippen LogP contribution is 2.36. The predicted octanol–water partition coefficient (Wildman–Crippen LogP) is 3.24. The molecule has 150 valence electrons. The average Bonchev–Trinajstić information content (AvgIpc) is 3.04. The number of carbonyl (C=O) groups excluding carboxylic acids is 2. The van der Waals surface area contributed by atoms with Gasteiger partial charge >= 0.3 is 0 Å². The number of nitrogens with zero attached hydrogens (tertiary/aromatic N) is 2. The second-order valence-electron chi connectivity index (χ2n) is 7.69. The lowest BCUT2D eigenvalue weighted by atomic mass is 9.97. The van der Waals surface area contributed by atoms with Crippen LogP contribution < -0.4 is 4.90 Å². The van der Waals surface area contributed by atoms with Gasteiger partial charge in [0.15, 0.2) is 0 Å². The van der Waals surface area contributed by atoms with Crippen molar-refractivity contribution >= 4 is 23.1 Å². The summed E-state index contributed by atoms with van der Waals surface area (Å²) in [6, 6.07) is 17.0. The number of rotatable bonds is 5. The minimum Gasteiger partial charge on any atom is -0.396 e. The fraction of sp³-hybridized carbons (Fsp3) is 0.333. The number of aliphatic hydroxyl groups excluding tert-OH is 1. The van der Waals surface area contributed by atoms with Gasteiger partial charge in [-0.3, -0.25) is 9.59 Å². The second kappa shape index (κ2) is 8.21. The largest absolute Gasteiger partial charge is 0.396 e. The minimum absolute atomic E-state index is 0.0920. The van der Waals surface area contributed by atoms with Crippen LogP contribution in [0.2, 0.25) is 0 Å². The van der Waals surface area contributed by atoms with Crippen LogP contribution in [0.4, 0.5) is 5.69 Å². The quantitative estimate of drug-likeness (QED) is 0.797. The summed E-state index contributed by atoms with van der Waals surface area (Å²) < 4.78 is 0. The molecule has 2 aliphatic heterocycles. The van der Waals surface area contributed by atoms with Crippen LogP contribution in [-0.4, -0.2) is 41.5 Å². The average molecular weight is 390 g/mol. The van der Waals surface area contributed by atoms with E-state index in [0.29, 0.717) is 30.0 Å². The zero-order valence-electron chi connectivity index (χ0n) is 16.7. The molecule has 1 fully saturated rings. The highest BCUT2D eigenvalue weighted by molar-refractivity contribution is 6.45. The Balaban J connectivity index is 1.77. The third-order valence-electron chi connectivity index (χ3n) is 5.82. The SMILES string of the molecule is CCc1ccc(N2C(=O)C(c3ccccc3)=C(N3CCCC(CO)C3)C2=O)cc1. The van der Waals surface area contributed by atoms with E-state index in [1.807, 2.05) is 59.5 Å². The zero-order valence-corrected chi connectivity index (χ0v) is 16.7. The Hall–Kier alpha value is -2.92. The maximum atomic E-state index is 13.5. The van der Waals surface area contributed by atoms with Gasteiger partial charge in [-0.2, -0.15) is 0 Å². The summed E-state index contributed by atoms with van der Waals surface area (Å²) in [5.74, 6) is -0.447. The van der Waals surface area contributed by atoms with Gasteiger partial charge in [0.25, 0.3) is 11.8 Å². The number of amides is 2. The van der Waals surface area contributed by atoms with Crippen LogP contribution in [0.1, 0.15) is 30.9 Å². The third-order valence-corrected chi connectivity index (χ3v) is 5.82. The number of likely N-dealkylation sites (tertiary alicyclic amines) is 1. The number of hydrogen-bond donors (Lipinski definition) is 1. The lowest BCUT2D eigenvalue weighted by molar-refractivity contribution is -0.120. The summed E-state index contributed by atoms with van der Waals surface area (Å²) in [5.41, 5.74) is 3.41. The lowest BCUT2D eigenvalue weighted by Gasteiger charge is -2.34. The highest BCUT2D eigenvalue weighted by atomic mass is 16.3. The molecule has 2 aromatic rings. The summed E-state index contributed by atoms with van der Waals surface area (Å²) >= 11 is 0. The molecule has 0 radical (unpaired) electrons. The predicted molar refractivity (Wildman–Crippen MR) is 113 cm³/mol. The number of benzene rings is 2. The molecule has 1 N–H and O–H groups in total. The van der Waals surface area contributed by atoms with Crippen LogP contribution in [-0.2, 0) is 16.0 Å². The van der Waals surface area contributed by atoms with Crippen molar-refractivity contribution in [3.63, 3.8) is 0 Å². The Labute approximate surface area is 171 Å². The van der Waals surface area contributed by atoms with Crippen molar-refractivity contribution in [2.75, 3.05) is 24.6 Å². The van der Waals surface area contributed by atoms with Crippen LogP contribution >= 0.6 is 0 Å². The van der Waals surface area contributed by atoms with Crippen LogP contribution in [0.15, 0.2) is 60.3 Å². The summed E-state index contributed by atoms with van der Waals surface area (Å²) in [6.07, 6.45) is 2.73. The molecule has 1 unspecified atom stereocenters. The number of hydrogen-bond acceptors (Lipinski definition) is 4. The fourth-order valence-corrected chi connectivity index (χ4v) is 4.21. The summed E-state index contributed by atoms with van der Waals surface area (Å²) in [4.78, 5) is 30.2. The van der Waals surface area contributed by atoms with Crippen molar-refractivity contribution in [2.24, 2.45) is 5.92 Å². The van der Waals surface area contributed by atoms with Crippen molar-refractivity contribution in [3.8, 4) is 0 Å². The van der Waals surface area contributed by atoms with Gasteiger partial charge in [-0.1, -0.05) is 49.4 Å². The van der Waals surface area contributed by atoms with Crippen LogP contribution in [0.25, 0.3) is 5.57 Å². The Morgan fingerprint density at radius 2 is 1.72 bits per heavy atom. The van der Waals surface area contributed by atoms with E-state index < -0.39 is 0 Å². The molecule has 2 aliphatic rings. The van der Waals surface area contributed by atoms with Gasteiger partial charge in [-0.25, -0.2) is 4.90 Å². The molecule has 0 saturated carbocycles. The summed E-state index contributed by atoms with van der Waals surface area (Å²) in [5, 5.41) is 9.63. The van der Waals surface area contributed by atoms with Crippen molar-refractivity contribution < 1.29 is 14.7 Å². The van der Waals surface area contributed by atoms with Gasteiger partial charge in [0.2, 0.25) is 0 Å². The van der Waals surface area contributed by atoms with Gasteiger partial charge in [0.05, 0.1) is 11.3 Å². The number of aryl methyl sites for hydroxylation is 1. The first-order valence-electron chi connectivity index (χ1n) is 10.3. The third kappa shape index (κ3) is 3.58. The number of imide groups is 1. The van der Waals surface area contributed by atoms with Gasteiger partial charge in [-0.15, -0.1) is 0 Å². The van der Waals surface area contributed by atoms with E-state index in [2.05, 4.69) is 6.92 Å². The van der Waals surface area contributed by atoms with Crippen LogP contribution in [0, 0.1) is 5.92 Å². The standard InChI is InChI=1S/C24H26N2O3/c1-2-17-10-12-20(13-11-17)26-23(28)21(19-8-4-3-5-9-19)22(24(26)29)25-14-6-7-18(15-25)16-27/h3-5,8-13,18,27H,2,6-7,14-16H2,1H3. The first-order valence-corrected chi connectivity index (χ1v) is 10.3. The van der Waals surface area contributed by atoms with Crippen LogP contribution in [0.3, 0.4) is 0 Å². The molecule has 29 heavy (non-hydrogen) atoms. The van der Waals surface area contributed by atoms with E-state index in [9.17, 15) is 14.7 Å². The van der Waals surface area contributed by atoms with Crippen LogP contribution in [0.5, 0.6) is 0 Å². The number of carbonyl (C=O) groups is 2. The second-order valence-corrected chi connectivity index (χ2v) is 7.69. The molecule has 2 aromatic carbocycles. The first kappa shape index (κ1) is 19.4. The Morgan fingerprint density at radius 3 is 2.38 bits per heavy atom. The number of anilines is 1. The van der Waals surface area contributed by atoms with Crippen molar-refractivity contribution in [1.82, 2.24) is 4.90 Å². The summed E-state index contributed by atoms with van der Waals surface area (Å²) in [6.45, 7) is 3.46. The van der Waals surface area contributed by atoms with E-state index in [1.54, 1.807) is 0 Å². The van der Waals surface area contributed by atoms with Gasteiger partial charge in [0, 0.05) is 19.7 Å². The molecular formula is C24H26N2O3. The molecule has 1 saturated heterocycles. The van der Waals surface area contributed by atoms with Gasteiger partial charge in [0.1, 0.15) is 5.70 Å². The monoisotopic (exact) mass is 390 g/mol. The van der Waals surface area contributed by atoms with Gasteiger partial charge < -0.3 is 10.0 Å². The molecular weight excluding hydrogens is 364 g/mol. The molecule has 2 heterocycles. The molecule has 5 nitrogen and oxygen atoms in total. The summed E-state index contributed by atoms with van der Waals surface area (Å²) in [7, 11) is 0. The molecule has 4 rings (SSSR count). The van der Waals surface area contributed by atoms with E-state index in [-0.39, 0.29) is 24.3 Å². The van der Waals surface area contributed by atoms with E-state index in [4.69, 9.17) is 0 Å². The maximum Gasteiger partial charge on any atom is 0.282 e. The molecule has 0 aliphatic carbocycles. The highest BCUT2D eigenvalue weighted by Gasteiger charge is 2.43.